The molecule has 0 aromatic carbocycles. The Morgan fingerprint density at radius 2 is 2.00 bits per heavy atom. The summed E-state index contributed by atoms with van der Waals surface area (Å²) in [6.07, 6.45) is 3.36. The summed E-state index contributed by atoms with van der Waals surface area (Å²) in [5, 5.41) is 12.6. The average molecular weight is 226 g/mol. The van der Waals surface area contributed by atoms with Crippen LogP contribution in [0, 0.1) is 0 Å². The molecule has 0 bridgehead atoms. The molecule has 2 aliphatic rings. The van der Waals surface area contributed by atoms with Crippen LogP contribution in [0.25, 0.3) is 0 Å². The van der Waals surface area contributed by atoms with Gasteiger partial charge in [0.25, 0.3) is 0 Å². The highest BCUT2D eigenvalue weighted by Crippen LogP contribution is 2.30. The Kier molecular flexibility index (Phi) is 3.14. The third-order valence-corrected chi connectivity index (χ3v) is 3.67. The first kappa shape index (κ1) is 11.4. The second kappa shape index (κ2) is 4.41. The second-order valence-corrected chi connectivity index (χ2v) is 4.59. The maximum Gasteiger partial charge on any atom is 0.329 e. The highest BCUT2D eigenvalue weighted by atomic mass is 16.4. The van der Waals surface area contributed by atoms with Gasteiger partial charge in [0.05, 0.1) is 0 Å². The molecule has 2 rings (SSSR count). The van der Waals surface area contributed by atoms with Crippen molar-refractivity contribution in [1.82, 2.24) is 10.2 Å². The zero-order valence-electron chi connectivity index (χ0n) is 9.37. The average Bonchev–Trinajstić information content (AvgIpc) is 2.30. The van der Waals surface area contributed by atoms with E-state index in [1.807, 2.05) is 0 Å². The number of carboxylic acids is 1. The van der Waals surface area contributed by atoms with Crippen molar-refractivity contribution < 1.29 is 14.7 Å². The van der Waals surface area contributed by atoms with E-state index in [1.54, 1.807) is 4.90 Å². The minimum absolute atomic E-state index is 0.00977. The lowest BCUT2D eigenvalue weighted by Gasteiger charge is -2.44. The largest absolute Gasteiger partial charge is 0.479 e. The Morgan fingerprint density at radius 1 is 1.31 bits per heavy atom. The number of hydrogen-bond acceptors (Lipinski definition) is 3. The summed E-state index contributed by atoms with van der Waals surface area (Å²) in [4.78, 5) is 25.0. The predicted octanol–water partition coefficient (Wildman–Crippen LogP) is 0.206. The summed E-state index contributed by atoms with van der Waals surface area (Å²) in [6.45, 7) is 1.96. The van der Waals surface area contributed by atoms with E-state index < -0.39 is 11.5 Å². The van der Waals surface area contributed by atoms with E-state index in [-0.39, 0.29) is 5.91 Å². The summed E-state index contributed by atoms with van der Waals surface area (Å²) < 4.78 is 0. The number of aliphatic carboxylic acids is 1. The fourth-order valence-corrected chi connectivity index (χ4v) is 2.70. The van der Waals surface area contributed by atoms with Gasteiger partial charge in [0.1, 0.15) is 5.54 Å². The number of nitrogens with one attached hydrogen (secondary N) is 1. The van der Waals surface area contributed by atoms with Gasteiger partial charge in [-0.1, -0.05) is 0 Å². The Balaban J connectivity index is 2.23. The summed E-state index contributed by atoms with van der Waals surface area (Å²) in [5.41, 5.74) is -0.942. The molecule has 0 spiro atoms. The van der Waals surface area contributed by atoms with Crippen LogP contribution in [0.3, 0.4) is 0 Å². The molecule has 0 aliphatic carbocycles. The maximum absolute atomic E-state index is 11.8. The molecular formula is C11H18N2O3. The van der Waals surface area contributed by atoms with E-state index in [2.05, 4.69) is 5.32 Å². The molecule has 5 heteroatoms. The minimum atomic E-state index is -0.942. The van der Waals surface area contributed by atoms with Crippen LogP contribution in [0.5, 0.6) is 0 Å². The van der Waals surface area contributed by atoms with Crippen LogP contribution in [-0.2, 0) is 9.59 Å². The van der Waals surface area contributed by atoms with Crippen molar-refractivity contribution in [1.29, 1.82) is 0 Å². The van der Waals surface area contributed by atoms with Gasteiger partial charge in [-0.25, -0.2) is 4.79 Å². The number of rotatable bonds is 2. The summed E-state index contributed by atoms with van der Waals surface area (Å²) in [6, 6.07) is 0. The molecule has 0 atom stereocenters. The van der Waals surface area contributed by atoms with Gasteiger partial charge in [0.15, 0.2) is 0 Å². The maximum atomic E-state index is 11.8. The van der Waals surface area contributed by atoms with Gasteiger partial charge in [-0.15, -0.1) is 0 Å². The van der Waals surface area contributed by atoms with Crippen molar-refractivity contribution in [2.24, 2.45) is 0 Å². The normalized spacial score (nSPS) is 25.5. The second-order valence-electron chi connectivity index (χ2n) is 4.59. The lowest BCUT2D eigenvalue weighted by atomic mass is 9.84. The monoisotopic (exact) mass is 226 g/mol. The van der Waals surface area contributed by atoms with Gasteiger partial charge in [-0.2, -0.15) is 0 Å². The molecule has 90 valence electrons. The number of hydrogen-bond donors (Lipinski definition) is 2. The fraction of sp³-hybridized carbons (Fsp3) is 0.818. The third kappa shape index (κ3) is 1.80. The minimum Gasteiger partial charge on any atom is -0.479 e. The summed E-state index contributed by atoms with van der Waals surface area (Å²) >= 11 is 0. The molecule has 5 nitrogen and oxygen atoms in total. The molecule has 2 N–H and O–H groups in total. The van der Waals surface area contributed by atoms with Crippen LogP contribution in [0.4, 0.5) is 0 Å². The number of amides is 1. The molecule has 0 aromatic rings. The van der Waals surface area contributed by atoms with Crippen molar-refractivity contribution in [3.05, 3.63) is 0 Å². The Hall–Kier alpha value is -1.10. The quantitative estimate of drug-likeness (QED) is 0.706. The molecule has 2 fully saturated rings. The molecule has 2 saturated heterocycles. The molecular weight excluding hydrogens is 208 g/mol. The lowest BCUT2D eigenvalue weighted by molar-refractivity contribution is -0.163. The molecule has 0 unspecified atom stereocenters. The van der Waals surface area contributed by atoms with Crippen molar-refractivity contribution in [2.75, 3.05) is 19.6 Å². The van der Waals surface area contributed by atoms with Crippen molar-refractivity contribution >= 4 is 11.9 Å². The molecule has 16 heavy (non-hydrogen) atoms. The van der Waals surface area contributed by atoms with Gasteiger partial charge in [-0.3, -0.25) is 4.79 Å². The van der Waals surface area contributed by atoms with Crippen molar-refractivity contribution in [3.63, 3.8) is 0 Å². The molecule has 0 saturated carbocycles. The van der Waals surface area contributed by atoms with Gasteiger partial charge in [0.2, 0.25) is 5.91 Å². The van der Waals surface area contributed by atoms with E-state index in [1.165, 1.54) is 0 Å². The standard InChI is InChI=1S/C11H18N2O3/c14-9-3-1-2-8-13(9)11(10(15)16)4-6-12-7-5-11/h12H,1-8H2,(H,15,16). The third-order valence-electron chi connectivity index (χ3n) is 3.67. The van der Waals surface area contributed by atoms with Gasteiger partial charge in [0, 0.05) is 13.0 Å². The van der Waals surface area contributed by atoms with Gasteiger partial charge in [-0.05, 0) is 38.8 Å². The number of nitrogens with zero attached hydrogens (tertiary/aromatic N) is 1. The number of likely N-dealkylation sites (tertiary alicyclic amines) is 1. The smallest absolute Gasteiger partial charge is 0.329 e. The molecule has 0 radical (unpaired) electrons. The fourth-order valence-electron chi connectivity index (χ4n) is 2.70. The van der Waals surface area contributed by atoms with Gasteiger partial charge >= 0.3 is 5.97 Å². The van der Waals surface area contributed by atoms with E-state index in [4.69, 9.17) is 0 Å². The first-order valence-electron chi connectivity index (χ1n) is 5.91. The molecule has 0 aromatic heterocycles. The summed E-state index contributed by atoms with van der Waals surface area (Å²) in [5.74, 6) is -0.834. The van der Waals surface area contributed by atoms with E-state index in [0.29, 0.717) is 38.9 Å². The highest BCUT2D eigenvalue weighted by molar-refractivity contribution is 5.87. The van der Waals surface area contributed by atoms with Crippen LogP contribution < -0.4 is 5.32 Å². The van der Waals surface area contributed by atoms with Crippen LogP contribution in [0.15, 0.2) is 0 Å². The molecule has 2 heterocycles. The number of carboxylic acid groups (broad SMARTS) is 1. The SMILES string of the molecule is O=C1CCCCN1C1(C(=O)O)CCNCC1. The van der Waals surface area contributed by atoms with Crippen LogP contribution in [0.1, 0.15) is 32.1 Å². The zero-order chi connectivity index (χ0) is 11.6. The Morgan fingerprint density at radius 3 is 2.56 bits per heavy atom. The molecule has 2 aliphatic heterocycles. The Labute approximate surface area is 94.8 Å². The lowest BCUT2D eigenvalue weighted by Crippen LogP contribution is -2.62. The number of carbonyl (C=O) groups is 2. The van der Waals surface area contributed by atoms with E-state index >= 15 is 0 Å². The number of carbonyl (C=O) groups excluding carboxylic acids is 1. The van der Waals surface area contributed by atoms with Crippen LogP contribution in [-0.4, -0.2) is 47.1 Å². The predicted molar refractivity (Wildman–Crippen MR) is 58.0 cm³/mol. The summed E-state index contributed by atoms with van der Waals surface area (Å²) in [7, 11) is 0. The van der Waals surface area contributed by atoms with Crippen molar-refractivity contribution in [2.45, 2.75) is 37.6 Å². The molecule has 1 amide bonds. The first-order valence-corrected chi connectivity index (χ1v) is 5.91. The van der Waals surface area contributed by atoms with E-state index in [0.717, 1.165) is 12.8 Å². The van der Waals surface area contributed by atoms with Crippen molar-refractivity contribution in [3.8, 4) is 0 Å². The topological polar surface area (TPSA) is 69.6 Å². The van der Waals surface area contributed by atoms with Gasteiger partial charge < -0.3 is 15.3 Å². The zero-order valence-corrected chi connectivity index (χ0v) is 9.37. The first-order chi connectivity index (χ1) is 7.67. The Bertz CT molecular complexity index is 296. The van der Waals surface area contributed by atoms with Crippen LogP contribution >= 0.6 is 0 Å². The number of piperidine rings is 2. The highest BCUT2D eigenvalue weighted by Gasteiger charge is 2.47. The van der Waals surface area contributed by atoms with Crippen LogP contribution in [0.2, 0.25) is 0 Å². The van der Waals surface area contributed by atoms with E-state index in [9.17, 15) is 14.7 Å².